The normalized spacial score (nSPS) is 11.2. The van der Waals surface area contributed by atoms with Gasteiger partial charge in [-0.1, -0.05) is 13.8 Å². The number of ether oxygens (including phenoxy) is 2. The molecule has 5 nitrogen and oxygen atoms in total. The van der Waals surface area contributed by atoms with Crippen molar-refractivity contribution in [3.8, 4) is 0 Å². The van der Waals surface area contributed by atoms with Crippen LogP contribution in [0.15, 0.2) is 0 Å². The van der Waals surface area contributed by atoms with Gasteiger partial charge in [0, 0.05) is 26.0 Å². The molecule has 0 aliphatic heterocycles. The quantitative estimate of drug-likeness (QED) is 0.626. The van der Waals surface area contributed by atoms with E-state index in [9.17, 15) is 0 Å². The molecule has 0 saturated carbocycles. The molecule has 2 N–H and O–H groups in total. The molecule has 0 amide bonds. The highest BCUT2D eigenvalue weighted by Gasteiger charge is 2.14. The van der Waals surface area contributed by atoms with Gasteiger partial charge in [0.25, 0.3) is 0 Å². The van der Waals surface area contributed by atoms with Gasteiger partial charge < -0.3 is 15.2 Å². The second kappa shape index (κ2) is 9.91. The summed E-state index contributed by atoms with van der Waals surface area (Å²) in [5.41, 5.74) is 9.61. The molecule has 0 atom stereocenters. The second-order valence-electron chi connectivity index (χ2n) is 4.80. The summed E-state index contributed by atoms with van der Waals surface area (Å²) in [6, 6.07) is 0. The maximum absolute atomic E-state index is 5.72. The third-order valence-electron chi connectivity index (χ3n) is 3.40. The summed E-state index contributed by atoms with van der Waals surface area (Å²) < 4.78 is 12.6. The van der Waals surface area contributed by atoms with Gasteiger partial charge in [-0.25, -0.2) is 0 Å². The Labute approximate surface area is 122 Å². The topological polar surface area (TPSA) is 62.3 Å². The van der Waals surface area contributed by atoms with Crippen LogP contribution in [-0.4, -0.2) is 43.3 Å². The molecule has 0 unspecified atom stereocenters. The number of rotatable bonds is 11. The largest absolute Gasteiger partial charge is 0.382 e. The average molecular weight is 283 g/mol. The number of nitrogens with zero attached hydrogens (tertiary/aromatic N) is 2. The van der Waals surface area contributed by atoms with Crippen LogP contribution in [0.25, 0.3) is 0 Å². The van der Waals surface area contributed by atoms with Crippen molar-refractivity contribution in [2.24, 2.45) is 5.73 Å². The first kappa shape index (κ1) is 17.1. The van der Waals surface area contributed by atoms with E-state index in [1.54, 1.807) is 7.11 Å². The Balaban J connectivity index is 2.56. The van der Waals surface area contributed by atoms with E-state index >= 15 is 0 Å². The zero-order valence-corrected chi connectivity index (χ0v) is 13.2. The van der Waals surface area contributed by atoms with E-state index in [-0.39, 0.29) is 0 Å². The summed E-state index contributed by atoms with van der Waals surface area (Å²) in [6.45, 7) is 8.00. The molecule has 20 heavy (non-hydrogen) atoms. The fourth-order valence-corrected chi connectivity index (χ4v) is 2.45. The minimum absolute atomic E-state index is 0.655. The fraction of sp³-hybridized carbons (Fsp3) is 0.800. The zero-order valence-electron chi connectivity index (χ0n) is 13.2. The van der Waals surface area contributed by atoms with Crippen LogP contribution in [0.3, 0.4) is 0 Å². The molecule has 0 radical (unpaired) electrons. The van der Waals surface area contributed by atoms with Crippen LogP contribution in [-0.2, 0) is 35.3 Å². The molecule has 1 heterocycles. The molecule has 0 aromatic carbocycles. The molecule has 0 spiro atoms. The Bertz CT molecular complexity index is 377. The minimum Gasteiger partial charge on any atom is -0.382 e. The van der Waals surface area contributed by atoms with E-state index in [1.165, 1.54) is 17.0 Å². The molecule has 0 aliphatic rings. The highest BCUT2D eigenvalue weighted by Crippen LogP contribution is 2.17. The van der Waals surface area contributed by atoms with Gasteiger partial charge in [-0.05, 0) is 37.8 Å². The lowest BCUT2D eigenvalue weighted by atomic mass is 10.1. The molecular weight excluding hydrogens is 254 g/mol. The Morgan fingerprint density at radius 3 is 2.55 bits per heavy atom. The molecule has 5 heteroatoms. The molecule has 0 aliphatic carbocycles. The minimum atomic E-state index is 0.655. The van der Waals surface area contributed by atoms with Crippen LogP contribution in [0, 0.1) is 0 Å². The van der Waals surface area contributed by atoms with Crippen molar-refractivity contribution in [1.82, 2.24) is 9.78 Å². The molecule has 1 aromatic rings. The zero-order chi connectivity index (χ0) is 14.8. The number of aromatic nitrogens is 2. The van der Waals surface area contributed by atoms with Crippen molar-refractivity contribution in [2.75, 3.05) is 33.5 Å². The predicted molar refractivity (Wildman–Crippen MR) is 81.1 cm³/mol. The third-order valence-corrected chi connectivity index (χ3v) is 3.40. The standard InChI is InChI=1S/C15H29N3O2/c1-4-14-13(7-8-16)15(5-2)18(17-14)9-6-10-20-12-11-19-3/h4-12,16H2,1-3H3. The second-order valence-corrected chi connectivity index (χ2v) is 4.80. The van der Waals surface area contributed by atoms with Gasteiger partial charge in [0.1, 0.15) is 0 Å². The number of methoxy groups -OCH3 is 1. The highest BCUT2D eigenvalue weighted by atomic mass is 16.5. The Hall–Kier alpha value is -0.910. The third kappa shape index (κ3) is 4.89. The van der Waals surface area contributed by atoms with Crippen LogP contribution in [0.1, 0.15) is 37.2 Å². The summed E-state index contributed by atoms with van der Waals surface area (Å²) in [7, 11) is 1.69. The van der Waals surface area contributed by atoms with Crippen LogP contribution in [0.5, 0.6) is 0 Å². The Morgan fingerprint density at radius 1 is 1.15 bits per heavy atom. The number of nitrogens with two attached hydrogens (primary N) is 1. The van der Waals surface area contributed by atoms with Crippen molar-refractivity contribution in [2.45, 2.75) is 46.1 Å². The smallest absolute Gasteiger partial charge is 0.0700 e. The van der Waals surface area contributed by atoms with E-state index in [0.717, 1.165) is 38.8 Å². The molecule has 1 aromatic heterocycles. The Kier molecular flexibility index (Phi) is 8.49. The number of hydrogen-bond donors (Lipinski definition) is 1. The summed E-state index contributed by atoms with van der Waals surface area (Å²) in [6.07, 6.45) is 3.88. The monoisotopic (exact) mass is 283 g/mol. The van der Waals surface area contributed by atoms with Gasteiger partial charge in [-0.2, -0.15) is 5.10 Å². The summed E-state index contributed by atoms with van der Waals surface area (Å²) in [4.78, 5) is 0. The van der Waals surface area contributed by atoms with Gasteiger partial charge >= 0.3 is 0 Å². The Morgan fingerprint density at radius 2 is 1.95 bits per heavy atom. The van der Waals surface area contributed by atoms with Gasteiger partial charge in [0.05, 0.1) is 18.9 Å². The summed E-state index contributed by atoms with van der Waals surface area (Å²) >= 11 is 0. The van der Waals surface area contributed by atoms with Gasteiger partial charge in [0.15, 0.2) is 0 Å². The lowest BCUT2D eigenvalue weighted by Crippen LogP contribution is -2.10. The van der Waals surface area contributed by atoms with Crippen LogP contribution < -0.4 is 5.73 Å². The lowest BCUT2D eigenvalue weighted by Gasteiger charge is -2.08. The van der Waals surface area contributed by atoms with E-state index < -0.39 is 0 Å². The van der Waals surface area contributed by atoms with Crippen molar-refractivity contribution in [3.63, 3.8) is 0 Å². The molecule has 0 bridgehead atoms. The molecule has 0 saturated heterocycles. The predicted octanol–water partition coefficient (Wildman–Crippen LogP) is 1.56. The van der Waals surface area contributed by atoms with Crippen LogP contribution in [0.4, 0.5) is 0 Å². The SMILES string of the molecule is CCc1nn(CCCOCCOC)c(CC)c1CCN. The first-order valence-corrected chi connectivity index (χ1v) is 7.62. The first-order valence-electron chi connectivity index (χ1n) is 7.62. The average Bonchev–Trinajstić information content (AvgIpc) is 2.80. The van der Waals surface area contributed by atoms with E-state index in [2.05, 4.69) is 18.5 Å². The van der Waals surface area contributed by atoms with Crippen molar-refractivity contribution in [3.05, 3.63) is 17.0 Å². The van der Waals surface area contributed by atoms with E-state index in [1.807, 2.05) is 0 Å². The molecule has 116 valence electrons. The van der Waals surface area contributed by atoms with Crippen molar-refractivity contribution >= 4 is 0 Å². The maximum Gasteiger partial charge on any atom is 0.0700 e. The summed E-state index contributed by atoms with van der Waals surface area (Å²) in [5.74, 6) is 0. The number of hydrogen-bond acceptors (Lipinski definition) is 4. The summed E-state index contributed by atoms with van der Waals surface area (Å²) in [5, 5.41) is 4.73. The van der Waals surface area contributed by atoms with Gasteiger partial charge in [-0.3, -0.25) is 4.68 Å². The van der Waals surface area contributed by atoms with E-state index in [4.69, 9.17) is 20.3 Å². The molecular formula is C15H29N3O2. The van der Waals surface area contributed by atoms with Crippen molar-refractivity contribution in [1.29, 1.82) is 0 Å². The van der Waals surface area contributed by atoms with E-state index in [0.29, 0.717) is 19.8 Å². The van der Waals surface area contributed by atoms with Crippen LogP contribution >= 0.6 is 0 Å². The van der Waals surface area contributed by atoms with Gasteiger partial charge in [-0.15, -0.1) is 0 Å². The first-order chi connectivity index (χ1) is 9.78. The molecule has 0 fully saturated rings. The highest BCUT2D eigenvalue weighted by molar-refractivity contribution is 5.27. The fourth-order valence-electron chi connectivity index (χ4n) is 2.45. The lowest BCUT2D eigenvalue weighted by molar-refractivity contribution is 0.0676. The van der Waals surface area contributed by atoms with Gasteiger partial charge in [0.2, 0.25) is 0 Å². The number of aryl methyl sites for hydroxylation is 2. The maximum atomic E-state index is 5.72. The van der Waals surface area contributed by atoms with Crippen LogP contribution in [0.2, 0.25) is 0 Å². The molecule has 1 rings (SSSR count). The van der Waals surface area contributed by atoms with Crippen molar-refractivity contribution < 1.29 is 9.47 Å².